The van der Waals surface area contributed by atoms with E-state index in [1.165, 1.54) is 0 Å². The van der Waals surface area contributed by atoms with Crippen molar-refractivity contribution in [3.63, 3.8) is 0 Å². The Kier molecular flexibility index (Phi) is 4.02. The minimum atomic E-state index is -0.203. The second-order valence-corrected chi connectivity index (χ2v) is 5.36. The summed E-state index contributed by atoms with van der Waals surface area (Å²) in [5.41, 5.74) is 3.76. The lowest BCUT2D eigenvalue weighted by Crippen LogP contribution is -2.16. The lowest BCUT2D eigenvalue weighted by Gasteiger charge is -2.11. The summed E-state index contributed by atoms with van der Waals surface area (Å²) in [7, 11) is 0. The normalized spacial score (nSPS) is 10.7. The molecule has 0 aliphatic heterocycles. The fourth-order valence-corrected chi connectivity index (χ4v) is 2.57. The van der Waals surface area contributed by atoms with Gasteiger partial charge in [0.15, 0.2) is 0 Å². The van der Waals surface area contributed by atoms with Gasteiger partial charge in [0.25, 0.3) is 5.91 Å². The molecule has 0 aliphatic rings. The number of anilines is 1. The number of benzene rings is 1. The largest absolute Gasteiger partial charge is 0.492 e. The standard InChI is InChI=1S/C18H19N3O2/c1-4-23-15-8-6-5-7-14(15)20-18(22)17-13(3)19-16-11-12(2)9-10-21(16)17/h5-11H,4H2,1-3H3,(H,20,22). The van der Waals surface area contributed by atoms with E-state index in [1.807, 2.05) is 63.4 Å². The summed E-state index contributed by atoms with van der Waals surface area (Å²) in [6.45, 7) is 6.30. The fraction of sp³-hybridized carbons (Fsp3) is 0.222. The number of para-hydroxylation sites is 2. The van der Waals surface area contributed by atoms with Crippen LogP contribution < -0.4 is 10.1 Å². The highest BCUT2D eigenvalue weighted by atomic mass is 16.5. The summed E-state index contributed by atoms with van der Waals surface area (Å²) in [4.78, 5) is 17.2. The van der Waals surface area contributed by atoms with E-state index in [-0.39, 0.29) is 5.91 Å². The molecule has 1 amide bonds. The van der Waals surface area contributed by atoms with Gasteiger partial charge in [-0.25, -0.2) is 4.98 Å². The number of aromatic nitrogens is 2. The molecule has 0 aliphatic carbocycles. The van der Waals surface area contributed by atoms with Crippen LogP contribution in [0.5, 0.6) is 5.75 Å². The smallest absolute Gasteiger partial charge is 0.274 e. The topological polar surface area (TPSA) is 55.6 Å². The Bertz CT molecular complexity index is 868. The van der Waals surface area contributed by atoms with E-state index in [0.717, 1.165) is 11.2 Å². The van der Waals surface area contributed by atoms with Gasteiger partial charge in [-0.2, -0.15) is 0 Å². The highest BCUT2D eigenvalue weighted by molar-refractivity contribution is 6.05. The van der Waals surface area contributed by atoms with Gasteiger partial charge in [0.05, 0.1) is 18.0 Å². The third-order valence-electron chi connectivity index (χ3n) is 3.61. The summed E-state index contributed by atoms with van der Waals surface area (Å²) in [6.07, 6.45) is 1.87. The zero-order chi connectivity index (χ0) is 16.4. The predicted octanol–water partition coefficient (Wildman–Crippen LogP) is 3.60. The lowest BCUT2D eigenvalue weighted by atomic mass is 10.2. The zero-order valence-corrected chi connectivity index (χ0v) is 13.5. The van der Waals surface area contributed by atoms with Crippen molar-refractivity contribution in [2.24, 2.45) is 0 Å². The first-order chi connectivity index (χ1) is 11.1. The van der Waals surface area contributed by atoms with E-state index in [2.05, 4.69) is 10.3 Å². The molecule has 0 spiro atoms. The van der Waals surface area contributed by atoms with Gasteiger partial charge in [-0.05, 0) is 50.6 Å². The maximum atomic E-state index is 12.7. The molecule has 0 radical (unpaired) electrons. The molecule has 0 saturated carbocycles. The number of carbonyl (C=O) groups excluding carboxylic acids is 1. The first-order valence-electron chi connectivity index (χ1n) is 7.58. The molecule has 0 atom stereocenters. The minimum absolute atomic E-state index is 0.203. The van der Waals surface area contributed by atoms with Crippen LogP contribution in [0.3, 0.4) is 0 Å². The SMILES string of the molecule is CCOc1ccccc1NC(=O)c1c(C)nc2cc(C)ccn12. The van der Waals surface area contributed by atoms with Gasteiger partial charge in [-0.15, -0.1) is 0 Å². The predicted molar refractivity (Wildman–Crippen MR) is 90.2 cm³/mol. The number of fused-ring (bicyclic) bond motifs is 1. The van der Waals surface area contributed by atoms with Gasteiger partial charge in [-0.1, -0.05) is 12.1 Å². The van der Waals surface area contributed by atoms with Crippen LogP contribution in [0.1, 0.15) is 28.7 Å². The van der Waals surface area contributed by atoms with Crippen molar-refractivity contribution in [2.45, 2.75) is 20.8 Å². The van der Waals surface area contributed by atoms with Crippen LogP contribution in [0.15, 0.2) is 42.6 Å². The zero-order valence-electron chi connectivity index (χ0n) is 13.5. The van der Waals surface area contributed by atoms with Crippen molar-refractivity contribution < 1.29 is 9.53 Å². The number of rotatable bonds is 4. The third-order valence-corrected chi connectivity index (χ3v) is 3.61. The number of carbonyl (C=O) groups is 1. The number of nitrogens with one attached hydrogen (secondary N) is 1. The van der Waals surface area contributed by atoms with Crippen molar-refractivity contribution in [1.82, 2.24) is 9.38 Å². The molecular formula is C18H19N3O2. The second-order valence-electron chi connectivity index (χ2n) is 5.36. The number of nitrogens with zero attached hydrogens (tertiary/aromatic N) is 2. The Morgan fingerprint density at radius 3 is 2.83 bits per heavy atom. The molecule has 3 rings (SSSR count). The molecule has 2 aromatic heterocycles. The Balaban J connectivity index is 1.97. The number of ether oxygens (including phenoxy) is 1. The Morgan fingerprint density at radius 2 is 2.04 bits per heavy atom. The Hall–Kier alpha value is -2.82. The monoisotopic (exact) mass is 309 g/mol. The van der Waals surface area contributed by atoms with Crippen LogP contribution in [-0.2, 0) is 0 Å². The first-order valence-corrected chi connectivity index (χ1v) is 7.58. The number of aryl methyl sites for hydroxylation is 2. The Labute approximate surface area is 134 Å². The maximum absolute atomic E-state index is 12.7. The molecule has 2 heterocycles. The number of hydrogen-bond donors (Lipinski definition) is 1. The van der Waals surface area contributed by atoms with Gasteiger partial charge in [-0.3, -0.25) is 9.20 Å². The van der Waals surface area contributed by atoms with Gasteiger partial charge < -0.3 is 10.1 Å². The molecule has 5 nitrogen and oxygen atoms in total. The number of amides is 1. The van der Waals surface area contributed by atoms with Gasteiger partial charge in [0, 0.05) is 6.20 Å². The van der Waals surface area contributed by atoms with Crippen LogP contribution in [0.25, 0.3) is 5.65 Å². The molecule has 0 bridgehead atoms. The van der Waals surface area contributed by atoms with Crippen molar-refractivity contribution in [1.29, 1.82) is 0 Å². The summed E-state index contributed by atoms with van der Waals surface area (Å²) in [6, 6.07) is 11.3. The van der Waals surface area contributed by atoms with Crippen LogP contribution in [0.2, 0.25) is 0 Å². The average molecular weight is 309 g/mol. The minimum Gasteiger partial charge on any atom is -0.492 e. The second kappa shape index (κ2) is 6.12. The van der Waals surface area contributed by atoms with Crippen molar-refractivity contribution in [3.8, 4) is 5.75 Å². The van der Waals surface area contributed by atoms with E-state index in [1.54, 1.807) is 4.40 Å². The lowest BCUT2D eigenvalue weighted by molar-refractivity contribution is 0.102. The molecule has 0 fully saturated rings. The molecule has 23 heavy (non-hydrogen) atoms. The van der Waals surface area contributed by atoms with Crippen LogP contribution in [0.4, 0.5) is 5.69 Å². The van der Waals surface area contributed by atoms with Crippen molar-refractivity contribution in [2.75, 3.05) is 11.9 Å². The van der Waals surface area contributed by atoms with E-state index >= 15 is 0 Å². The highest BCUT2D eigenvalue weighted by Crippen LogP contribution is 2.25. The highest BCUT2D eigenvalue weighted by Gasteiger charge is 2.18. The quantitative estimate of drug-likeness (QED) is 0.801. The van der Waals surface area contributed by atoms with Crippen LogP contribution in [0, 0.1) is 13.8 Å². The molecular weight excluding hydrogens is 290 g/mol. The molecule has 0 unspecified atom stereocenters. The molecule has 3 aromatic rings. The van der Waals surface area contributed by atoms with Crippen LogP contribution >= 0.6 is 0 Å². The van der Waals surface area contributed by atoms with E-state index in [4.69, 9.17) is 4.74 Å². The number of imidazole rings is 1. The first kappa shape index (κ1) is 15.1. The summed E-state index contributed by atoms with van der Waals surface area (Å²) < 4.78 is 7.36. The molecule has 5 heteroatoms. The molecule has 1 N–H and O–H groups in total. The Morgan fingerprint density at radius 1 is 1.26 bits per heavy atom. The van der Waals surface area contributed by atoms with E-state index in [0.29, 0.717) is 29.4 Å². The van der Waals surface area contributed by atoms with Gasteiger partial charge in [0.1, 0.15) is 17.1 Å². The third kappa shape index (κ3) is 2.90. The van der Waals surface area contributed by atoms with Crippen molar-refractivity contribution in [3.05, 3.63) is 59.5 Å². The number of hydrogen-bond acceptors (Lipinski definition) is 3. The summed E-state index contributed by atoms with van der Waals surface area (Å²) in [5, 5.41) is 2.92. The maximum Gasteiger partial charge on any atom is 0.274 e. The van der Waals surface area contributed by atoms with Gasteiger partial charge in [0.2, 0.25) is 0 Å². The number of pyridine rings is 1. The molecule has 1 aromatic carbocycles. The van der Waals surface area contributed by atoms with Gasteiger partial charge >= 0.3 is 0 Å². The molecule has 0 saturated heterocycles. The summed E-state index contributed by atoms with van der Waals surface area (Å²) in [5.74, 6) is 0.455. The van der Waals surface area contributed by atoms with Crippen molar-refractivity contribution >= 4 is 17.2 Å². The van der Waals surface area contributed by atoms with E-state index in [9.17, 15) is 4.79 Å². The fourth-order valence-electron chi connectivity index (χ4n) is 2.57. The van der Waals surface area contributed by atoms with E-state index < -0.39 is 0 Å². The average Bonchev–Trinajstić information content (AvgIpc) is 2.84. The van der Waals surface area contributed by atoms with Crippen LogP contribution in [-0.4, -0.2) is 21.9 Å². The summed E-state index contributed by atoms with van der Waals surface area (Å²) >= 11 is 0. The molecule has 118 valence electrons.